The van der Waals surface area contributed by atoms with Gasteiger partial charge in [0.2, 0.25) is 11.8 Å². The SMILES string of the molecule is COc1cc([C@H]2C3=CC[C@@H]4C(=O)N(c5ccccc5)C(=O)[C@@H]4[C@@H]3CC3=C2C(=O)C=C(Br)C3=O)c(Br)c(Br)c1O. The third-order valence-electron chi connectivity index (χ3n) is 8.05. The molecular weight excluding hydrogens is 698 g/mol. The standard InChI is InChI=1S/C29H20Br3NO6/c1-39-20-10-16(24(31)25(32)27(20)36)21-13-7-8-14-22(29(38)33(28(14)37)12-5-3-2-4-6-12)15(13)9-17-23(21)19(34)11-18(30)26(17)35/h2-7,10-11,14-15,21-22,36H,8-9H2,1H3/t14-,15+,21+,22-/m0/s1. The molecule has 6 rings (SSSR count). The average molecular weight is 718 g/mol. The van der Waals surface area contributed by atoms with E-state index < -0.39 is 23.7 Å². The second-order valence-corrected chi connectivity index (χ2v) is 12.3. The Morgan fingerprint density at radius 3 is 2.38 bits per heavy atom. The maximum absolute atomic E-state index is 13.9. The lowest BCUT2D eigenvalue weighted by atomic mass is 9.59. The van der Waals surface area contributed by atoms with Crippen molar-refractivity contribution in [2.45, 2.75) is 18.8 Å². The molecule has 0 saturated carbocycles. The summed E-state index contributed by atoms with van der Waals surface area (Å²) in [6.07, 6.45) is 3.73. The van der Waals surface area contributed by atoms with Crippen LogP contribution in [-0.4, -0.2) is 35.6 Å². The molecule has 39 heavy (non-hydrogen) atoms. The predicted molar refractivity (Wildman–Crippen MR) is 154 cm³/mol. The molecule has 2 amide bonds. The number of nitrogens with zero attached hydrogens (tertiary/aromatic N) is 1. The quantitative estimate of drug-likeness (QED) is 0.242. The fourth-order valence-corrected chi connectivity index (χ4v) is 7.77. The van der Waals surface area contributed by atoms with Crippen molar-refractivity contribution in [1.29, 1.82) is 0 Å². The van der Waals surface area contributed by atoms with Crippen LogP contribution >= 0.6 is 47.8 Å². The number of halogens is 3. The van der Waals surface area contributed by atoms with E-state index in [-0.39, 0.29) is 45.8 Å². The van der Waals surface area contributed by atoms with Gasteiger partial charge in [0.15, 0.2) is 23.1 Å². The highest BCUT2D eigenvalue weighted by Gasteiger charge is 2.57. The summed E-state index contributed by atoms with van der Waals surface area (Å²) in [4.78, 5) is 55.6. The van der Waals surface area contributed by atoms with Crippen molar-refractivity contribution in [2.75, 3.05) is 12.0 Å². The van der Waals surface area contributed by atoms with Crippen LogP contribution in [-0.2, 0) is 19.2 Å². The molecule has 1 heterocycles. The number of anilines is 1. The number of hydrogen-bond donors (Lipinski definition) is 1. The summed E-state index contributed by atoms with van der Waals surface area (Å²) in [7, 11) is 1.42. The highest BCUT2D eigenvalue weighted by molar-refractivity contribution is 9.13. The number of ether oxygens (including phenoxy) is 1. The Kier molecular flexibility index (Phi) is 6.55. The number of carbonyl (C=O) groups is 4. The molecule has 0 bridgehead atoms. The zero-order chi connectivity index (χ0) is 27.7. The number of Topliss-reactive ketones (excluding diaryl/α,β-unsaturated/α-hetero) is 1. The number of carbonyl (C=O) groups excluding carboxylic acids is 4. The summed E-state index contributed by atoms with van der Waals surface area (Å²) < 4.78 is 6.39. The predicted octanol–water partition coefficient (Wildman–Crippen LogP) is 5.89. The smallest absolute Gasteiger partial charge is 0.238 e. The Hall–Kier alpha value is -2.82. The lowest BCUT2D eigenvalue weighted by molar-refractivity contribution is -0.123. The van der Waals surface area contributed by atoms with Gasteiger partial charge < -0.3 is 9.84 Å². The maximum Gasteiger partial charge on any atom is 0.238 e. The number of fused-ring (bicyclic) bond motifs is 3. The van der Waals surface area contributed by atoms with Gasteiger partial charge in [-0.3, -0.25) is 24.1 Å². The number of allylic oxidation sites excluding steroid dienone is 6. The summed E-state index contributed by atoms with van der Waals surface area (Å²) in [5.74, 6) is -3.52. The van der Waals surface area contributed by atoms with Gasteiger partial charge in [0.1, 0.15) is 0 Å². The molecule has 4 atom stereocenters. The molecule has 198 valence electrons. The number of hydrogen-bond acceptors (Lipinski definition) is 6. The van der Waals surface area contributed by atoms with E-state index in [1.54, 1.807) is 30.3 Å². The molecule has 4 aliphatic rings. The normalized spacial score (nSPS) is 26.2. The molecule has 0 spiro atoms. The Morgan fingerprint density at radius 1 is 0.974 bits per heavy atom. The van der Waals surface area contributed by atoms with Gasteiger partial charge in [-0.1, -0.05) is 29.8 Å². The molecule has 2 aromatic rings. The molecule has 0 aromatic heterocycles. The largest absolute Gasteiger partial charge is 0.503 e. The van der Waals surface area contributed by atoms with Gasteiger partial charge in [-0.2, -0.15) is 0 Å². The Balaban J connectivity index is 1.55. The minimum atomic E-state index is -0.693. The van der Waals surface area contributed by atoms with Crippen LogP contribution in [0.25, 0.3) is 0 Å². The van der Waals surface area contributed by atoms with E-state index in [1.807, 2.05) is 12.1 Å². The molecule has 7 nitrogen and oxygen atoms in total. The van der Waals surface area contributed by atoms with Crippen molar-refractivity contribution in [3.63, 3.8) is 0 Å². The molecule has 1 aliphatic heterocycles. The van der Waals surface area contributed by atoms with Gasteiger partial charge in [0.25, 0.3) is 0 Å². The summed E-state index contributed by atoms with van der Waals surface area (Å²) in [5, 5.41) is 10.6. The number of ketones is 2. The van der Waals surface area contributed by atoms with Gasteiger partial charge in [0, 0.05) is 27.6 Å². The second kappa shape index (κ2) is 9.67. The molecule has 3 aliphatic carbocycles. The van der Waals surface area contributed by atoms with Crippen LogP contribution in [0.3, 0.4) is 0 Å². The lowest BCUT2D eigenvalue weighted by Crippen LogP contribution is -2.39. The zero-order valence-electron chi connectivity index (χ0n) is 20.4. The van der Waals surface area contributed by atoms with Crippen molar-refractivity contribution in [1.82, 2.24) is 0 Å². The van der Waals surface area contributed by atoms with Crippen LogP contribution in [0.4, 0.5) is 5.69 Å². The van der Waals surface area contributed by atoms with Gasteiger partial charge in [-0.05, 0) is 90.3 Å². The van der Waals surface area contributed by atoms with Crippen molar-refractivity contribution in [2.24, 2.45) is 17.8 Å². The Bertz CT molecular complexity index is 1590. The minimum absolute atomic E-state index is 0.115. The topological polar surface area (TPSA) is 101 Å². The molecule has 10 heteroatoms. The van der Waals surface area contributed by atoms with E-state index in [1.165, 1.54) is 18.1 Å². The number of amides is 2. The van der Waals surface area contributed by atoms with E-state index in [9.17, 15) is 24.3 Å². The average Bonchev–Trinajstić information content (AvgIpc) is 3.19. The van der Waals surface area contributed by atoms with Gasteiger partial charge in [-0.15, -0.1) is 0 Å². The van der Waals surface area contributed by atoms with Gasteiger partial charge in [-0.25, -0.2) is 0 Å². The molecular formula is C29H20Br3NO6. The van der Waals surface area contributed by atoms with Crippen molar-refractivity contribution >= 4 is 76.9 Å². The first-order valence-corrected chi connectivity index (χ1v) is 14.6. The summed E-state index contributed by atoms with van der Waals surface area (Å²) in [6.45, 7) is 0. The first kappa shape index (κ1) is 26.4. The number of imide groups is 1. The number of phenols is 1. The highest BCUT2D eigenvalue weighted by atomic mass is 79.9. The van der Waals surface area contributed by atoms with Crippen LogP contribution in [0, 0.1) is 17.8 Å². The van der Waals surface area contributed by atoms with Gasteiger partial charge in [0.05, 0.1) is 33.6 Å². The summed E-state index contributed by atoms with van der Waals surface area (Å²) in [5.41, 5.74) is 2.58. The van der Waals surface area contributed by atoms with Crippen molar-refractivity contribution in [3.8, 4) is 11.5 Å². The number of aromatic hydroxyl groups is 1. The highest BCUT2D eigenvalue weighted by Crippen LogP contribution is 2.58. The van der Waals surface area contributed by atoms with E-state index in [0.717, 1.165) is 5.57 Å². The number of phenolic OH excluding ortho intramolecular Hbond substituents is 1. The first-order chi connectivity index (χ1) is 18.6. The number of benzene rings is 2. The van der Waals surface area contributed by atoms with E-state index in [4.69, 9.17) is 4.74 Å². The second-order valence-electron chi connectivity index (χ2n) is 9.89. The number of para-hydroxylation sites is 1. The number of rotatable bonds is 3. The van der Waals surface area contributed by atoms with Crippen LogP contribution < -0.4 is 9.64 Å². The molecule has 1 fully saturated rings. The van der Waals surface area contributed by atoms with Crippen LogP contribution in [0.2, 0.25) is 0 Å². The molecule has 1 saturated heterocycles. The Labute approximate surface area is 249 Å². The number of methoxy groups -OCH3 is 1. The van der Waals surface area contributed by atoms with Crippen LogP contribution in [0.1, 0.15) is 24.3 Å². The van der Waals surface area contributed by atoms with E-state index in [0.29, 0.717) is 37.8 Å². The molecule has 0 unspecified atom stereocenters. The van der Waals surface area contributed by atoms with Gasteiger partial charge >= 0.3 is 0 Å². The fraction of sp³-hybridized carbons (Fsp3) is 0.241. The van der Waals surface area contributed by atoms with Crippen LogP contribution in [0.15, 0.2) is 78.7 Å². The maximum atomic E-state index is 13.9. The third kappa shape index (κ3) is 3.86. The van der Waals surface area contributed by atoms with Crippen molar-refractivity contribution in [3.05, 3.63) is 84.3 Å². The fourth-order valence-electron chi connectivity index (χ4n) is 6.37. The molecule has 2 aromatic carbocycles. The monoisotopic (exact) mass is 715 g/mol. The summed E-state index contributed by atoms with van der Waals surface area (Å²) >= 11 is 10.2. The van der Waals surface area contributed by atoms with Crippen LogP contribution in [0.5, 0.6) is 11.5 Å². The minimum Gasteiger partial charge on any atom is -0.503 e. The molecule has 0 radical (unpaired) electrons. The van der Waals surface area contributed by atoms with Crippen molar-refractivity contribution < 1.29 is 29.0 Å². The first-order valence-electron chi connectivity index (χ1n) is 12.2. The Morgan fingerprint density at radius 2 is 1.69 bits per heavy atom. The van der Waals surface area contributed by atoms with E-state index >= 15 is 0 Å². The van der Waals surface area contributed by atoms with E-state index in [2.05, 4.69) is 47.8 Å². The zero-order valence-corrected chi connectivity index (χ0v) is 25.2. The third-order valence-corrected chi connectivity index (χ3v) is 10.8. The lowest BCUT2D eigenvalue weighted by Gasteiger charge is -2.42. The molecule has 1 N–H and O–H groups in total. The summed E-state index contributed by atoms with van der Waals surface area (Å²) in [6, 6.07) is 10.5.